The zero-order valence-corrected chi connectivity index (χ0v) is 20.1. The molecule has 34 heavy (non-hydrogen) atoms. The summed E-state index contributed by atoms with van der Waals surface area (Å²) in [6.45, 7) is 3.53. The Bertz CT molecular complexity index is 1420. The summed E-state index contributed by atoms with van der Waals surface area (Å²) < 4.78 is 28.3. The van der Waals surface area contributed by atoms with Crippen LogP contribution in [0, 0.1) is 6.92 Å². The van der Waals surface area contributed by atoms with Crippen LogP contribution in [0.15, 0.2) is 53.6 Å². The van der Waals surface area contributed by atoms with Gasteiger partial charge in [-0.3, -0.25) is 0 Å². The van der Waals surface area contributed by atoms with Gasteiger partial charge in [-0.15, -0.1) is 0 Å². The average Bonchev–Trinajstić information content (AvgIpc) is 3.48. The van der Waals surface area contributed by atoms with Crippen molar-refractivity contribution >= 4 is 33.8 Å². The first-order valence-electron chi connectivity index (χ1n) is 11.1. The zero-order valence-electron chi connectivity index (χ0n) is 18.5. The van der Waals surface area contributed by atoms with Crippen LogP contribution in [0.5, 0.6) is 11.5 Å². The third-order valence-electron chi connectivity index (χ3n) is 6.25. The number of aryl methyl sites for hydroxylation is 1. The van der Waals surface area contributed by atoms with Gasteiger partial charge in [-0.1, -0.05) is 11.6 Å². The molecule has 8 nitrogen and oxygen atoms in total. The number of nitrogens with zero attached hydrogens (tertiary/aromatic N) is 5. The summed E-state index contributed by atoms with van der Waals surface area (Å²) in [4.78, 5) is 14.6. The molecule has 0 radical (unpaired) electrons. The third-order valence-corrected chi connectivity index (χ3v) is 8.04. The van der Waals surface area contributed by atoms with Gasteiger partial charge < -0.3 is 14.0 Å². The maximum absolute atomic E-state index is 13.3. The molecule has 6 rings (SSSR count). The van der Waals surface area contributed by atoms with Crippen LogP contribution in [0.2, 0.25) is 5.15 Å². The van der Waals surface area contributed by atoms with Crippen molar-refractivity contribution in [2.24, 2.45) is 0 Å². The minimum atomic E-state index is -1.27. The molecule has 0 aliphatic carbocycles. The van der Waals surface area contributed by atoms with E-state index < -0.39 is 11.0 Å². The predicted molar refractivity (Wildman–Crippen MR) is 129 cm³/mol. The second-order valence-electron chi connectivity index (χ2n) is 8.37. The molecule has 0 bridgehead atoms. The molecule has 0 saturated carbocycles. The molecule has 1 saturated heterocycles. The number of pyridine rings is 2. The summed E-state index contributed by atoms with van der Waals surface area (Å²) in [5.41, 5.74) is 3.38. The van der Waals surface area contributed by atoms with E-state index in [2.05, 4.69) is 9.55 Å². The Morgan fingerprint density at radius 2 is 1.88 bits per heavy atom. The third kappa shape index (κ3) is 3.73. The Hall–Kier alpha value is -3.01. The molecule has 0 spiro atoms. The standard InChI is InChI=1S/C24H22ClN5O3S/c1-15-4-6-19-24(27-15)30(23(28-19)18-3-2-10-26-22(18)25)16-8-11-29(12-9-16)34(31)17-5-7-20-21(13-17)33-14-32-20/h2-7,10,13,16H,8-9,11-12,14H2,1H3. The quantitative estimate of drug-likeness (QED) is 0.386. The van der Waals surface area contributed by atoms with Crippen molar-refractivity contribution in [3.8, 4) is 22.9 Å². The molecule has 3 aromatic heterocycles. The van der Waals surface area contributed by atoms with Gasteiger partial charge in [0.1, 0.15) is 27.5 Å². The number of benzene rings is 1. The van der Waals surface area contributed by atoms with Gasteiger partial charge in [0, 0.05) is 37.1 Å². The maximum Gasteiger partial charge on any atom is 0.231 e. The molecule has 1 fully saturated rings. The van der Waals surface area contributed by atoms with E-state index in [-0.39, 0.29) is 12.8 Å². The first kappa shape index (κ1) is 21.5. The number of rotatable bonds is 4. The van der Waals surface area contributed by atoms with Gasteiger partial charge in [-0.05, 0) is 56.2 Å². The van der Waals surface area contributed by atoms with Crippen LogP contribution in [-0.2, 0) is 11.0 Å². The molecule has 4 aromatic rings. The highest BCUT2D eigenvalue weighted by atomic mass is 35.5. The fourth-order valence-electron chi connectivity index (χ4n) is 4.56. The Morgan fingerprint density at radius 3 is 2.71 bits per heavy atom. The summed E-state index contributed by atoms with van der Waals surface area (Å²) >= 11 is 6.45. The van der Waals surface area contributed by atoms with Gasteiger partial charge in [0.25, 0.3) is 0 Å². The Labute approximate surface area is 204 Å². The zero-order chi connectivity index (χ0) is 23.2. The number of hydrogen-bond donors (Lipinski definition) is 0. The number of halogens is 1. The SMILES string of the molecule is Cc1ccc2nc(-c3cccnc3Cl)n(C3CCN(S(=O)c4ccc5c(c4)OCO5)CC3)c2n1. The van der Waals surface area contributed by atoms with Crippen LogP contribution in [-0.4, -0.2) is 47.9 Å². The van der Waals surface area contributed by atoms with Crippen LogP contribution in [0.1, 0.15) is 24.6 Å². The minimum absolute atomic E-state index is 0.149. The summed E-state index contributed by atoms with van der Waals surface area (Å²) in [6, 6.07) is 13.4. The van der Waals surface area contributed by atoms with E-state index >= 15 is 0 Å². The highest BCUT2D eigenvalue weighted by Gasteiger charge is 2.29. The molecule has 1 unspecified atom stereocenters. The first-order valence-corrected chi connectivity index (χ1v) is 12.6. The molecule has 2 aliphatic heterocycles. The Morgan fingerprint density at radius 1 is 1.06 bits per heavy atom. The molecule has 174 valence electrons. The van der Waals surface area contributed by atoms with Crippen molar-refractivity contribution in [1.82, 2.24) is 23.8 Å². The van der Waals surface area contributed by atoms with Crippen molar-refractivity contribution in [2.75, 3.05) is 19.9 Å². The second-order valence-corrected chi connectivity index (χ2v) is 10.2. The van der Waals surface area contributed by atoms with E-state index in [1.165, 1.54) is 0 Å². The van der Waals surface area contributed by atoms with Gasteiger partial charge >= 0.3 is 0 Å². The van der Waals surface area contributed by atoms with Crippen LogP contribution >= 0.6 is 11.6 Å². The number of aromatic nitrogens is 4. The number of ether oxygens (including phenoxy) is 2. The fraction of sp³-hybridized carbons (Fsp3) is 0.292. The smallest absolute Gasteiger partial charge is 0.231 e. The van der Waals surface area contributed by atoms with Crippen molar-refractivity contribution in [3.63, 3.8) is 0 Å². The lowest BCUT2D eigenvalue weighted by atomic mass is 10.1. The summed E-state index contributed by atoms with van der Waals surface area (Å²) in [6.07, 6.45) is 3.29. The molecule has 2 aliphatic rings. The van der Waals surface area contributed by atoms with Crippen LogP contribution < -0.4 is 9.47 Å². The predicted octanol–water partition coefficient (Wildman–Crippen LogP) is 4.54. The van der Waals surface area contributed by atoms with Crippen LogP contribution in [0.3, 0.4) is 0 Å². The molecular formula is C24H22ClN5O3S. The van der Waals surface area contributed by atoms with Crippen LogP contribution in [0.25, 0.3) is 22.6 Å². The molecule has 0 N–H and O–H groups in total. The Balaban J connectivity index is 1.30. The van der Waals surface area contributed by atoms with Crippen molar-refractivity contribution in [2.45, 2.75) is 30.7 Å². The normalized spacial score (nSPS) is 17.4. The number of fused-ring (bicyclic) bond motifs is 2. The van der Waals surface area contributed by atoms with E-state index in [0.717, 1.165) is 46.0 Å². The van der Waals surface area contributed by atoms with Gasteiger partial charge in [0.05, 0.1) is 10.5 Å². The highest BCUT2D eigenvalue weighted by Crippen LogP contribution is 2.37. The summed E-state index contributed by atoms with van der Waals surface area (Å²) in [5.74, 6) is 2.10. The molecule has 10 heteroatoms. The van der Waals surface area contributed by atoms with Gasteiger partial charge in [-0.2, -0.15) is 0 Å². The summed E-state index contributed by atoms with van der Waals surface area (Å²) in [7, 11) is -1.27. The highest BCUT2D eigenvalue weighted by molar-refractivity contribution is 7.82. The second kappa shape index (κ2) is 8.65. The minimum Gasteiger partial charge on any atom is -0.454 e. The lowest BCUT2D eigenvalue weighted by Gasteiger charge is -2.32. The molecule has 5 heterocycles. The lowest BCUT2D eigenvalue weighted by Crippen LogP contribution is -2.36. The van der Waals surface area contributed by atoms with E-state index in [1.807, 2.05) is 53.7 Å². The van der Waals surface area contributed by atoms with Crippen molar-refractivity contribution < 1.29 is 13.7 Å². The summed E-state index contributed by atoms with van der Waals surface area (Å²) in [5, 5.41) is 0.414. The molecule has 1 atom stereocenters. The maximum atomic E-state index is 13.3. The average molecular weight is 496 g/mol. The van der Waals surface area contributed by atoms with Crippen molar-refractivity contribution in [1.29, 1.82) is 0 Å². The molecule has 1 aromatic carbocycles. The lowest BCUT2D eigenvalue weighted by molar-refractivity contribution is 0.174. The largest absolute Gasteiger partial charge is 0.454 e. The van der Waals surface area contributed by atoms with E-state index in [1.54, 1.807) is 6.20 Å². The number of piperidine rings is 1. The number of imidazole rings is 1. The molecule has 0 amide bonds. The topological polar surface area (TPSA) is 82.4 Å². The monoisotopic (exact) mass is 495 g/mol. The Kier molecular flexibility index (Phi) is 5.47. The van der Waals surface area contributed by atoms with Crippen LogP contribution in [0.4, 0.5) is 0 Å². The fourth-order valence-corrected chi connectivity index (χ4v) is 5.99. The van der Waals surface area contributed by atoms with E-state index in [0.29, 0.717) is 29.7 Å². The molecular weight excluding hydrogens is 474 g/mol. The van der Waals surface area contributed by atoms with Gasteiger partial charge in [0.15, 0.2) is 17.1 Å². The van der Waals surface area contributed by atoms with Crippen molar-refractivity contribution in [3.05, 3.63) is 59.5 Å². The first-order chi connectivity index (χ1) is 16.6. The van der Waals surface area contributed by atoms with E-state index in [4.69, 9.17) is 31.0 Å². The number of hydrogen-bond acceptors (Lipinski definition) is 6. The van der Waals surface area contributed by atoms with Gasteiger partial charge in [-0.25, -0.2) is 23.5 Å². The van der Waals surface area contributed by atoms with E-state index in [9.17, 15) is 4.21 Å². The van der Waals surface area contributed by atoms with Gasteiger partial charge in [0.2, 0.25) is 6.79 Å².